The summed E-state index contributed by atoms with van der Waals surface area (Å²) in [6.45, 7) is 2.53. The van der Waals surface area contributed by atoms with Crippen molar-refractivity contribution in [1.82, 2.24) is 19.7 Å². The number of pyridine rings is 1. The van der Waals surface area contributed by atoms with Crippen LogP contribution in [0.25, 0.3) is 11.0 Å². The van der Waals surface area contributed by atoms with E-state index < -0.39 is 17.2 Å². The minimum absolute atomic E-state index is 0.104. The molecule has 0 spiro atoms. The van der Waals surface area contributed by atoms with Gasteiger partial charge in [0.05, 0.1) is 5.52 Å². The molecule has 0 saturated heterocycles. The summed E-state index contributed by atoms with van der Waals surface area (Å²) >= 11 is 0. The van der Waals surface area contributed by atoms with Crippen molar-refractivity contribution in [2.24, 2.45) is 7.05 Å². The van der Waals surface area contributed by atoms with Gasteiger partial charge in [-0.3, -0.25) is 14.3 Å². The second-order valence-electron chi connectivity index (χ2n) is 6.38. The van der Waals surface area contributed by atoms with Crippen LogP contribution in [0.3, 0.4) is 0 Å². The molecule has 0 saturated carbocycles. The first-order chi connectivity index (χ1) is 12.9. The van der Waals surface area contributed by atoms with Crippen LogP contribution in [0.4, 0.5) is 4.39 Å². The van der Waals surface area contributed by atoms with Gasteiger partial charge in [-0.05, 0) is 24.1 Å². The smallest absolute Gasteiger partial charge is 0.267 e. The number of hydrogen-bond donors (Lipinski definition) is 2. The van der Waals surface area contributed by atoms with E-state index in [0.29, 0.717) is 17.6 Å². The van der Waals surface area contributed by atoms with Gasteiger partial charge in [-0.25, -0.2) is 4.39 Å². The lowest BCUT2D eigenvalue weighted by Crippen LogP contribution is -2.33. The third-order valence-corrected chi connectivity index (χ3v) is 4.35. The number of rotatable bonds is 6. The number of nitrogens with one attached hydrogen (secondary N) is 1. The van der Waals surface area contributed by atoms with Gasteiger partial charge in [0, 0.05) is 26.3 Å². The fourth-order valence-electron chi connectivity index (χ4n) is 2.92. The number of amides is 1. The summed E-state index contributed by atoms with van der Waals surface area (Å²) in [5, 5.41) is 17.3. The summed E-state index contributed by atoms with van der Waals surface area (Å²) in [5.41, 5.74) is 0.482. The van der Waals surface area contributed by atoms with Crippen LogP contribution in [0.2, 0.25) is 0 Å². The van der Waals surface area contributed by atoms with E-state index in [0.717, 1.165) is 12.8 Å². The van der Waals surface area contributed by atoms with E-state index in [1.807, 2.05) is 6.92 Å². The fourth-order valence-corrected chi connectivity index (χ4v) is 2.92. The van der Waals surface area contributed by atoms with E-state index in [1.54, 1.807) is 13.2 Å². The molecule has 0 fully saturated rings. The Balaban J connectivity index is 1.98. The summed E-state index contributed by atoms with van der Waals surface area (Å²) in [7, 11) is 1.68. The quantitative estimate of drug-likeness (QED) is 0.695. The summed E-state index contributed by atoms with van der Waals surface area (Å²) in [5.74, 6) is -1.50. The zero-order chi connectivity index (χ0) is 19.6. The number of carbonyl (C=O) groups is 1. The normalized spacial score (nSPS) is 11.1. The van der Waals surface area contributed by atoms with Gasteiger partial charge in [-0.2, -0.15) is 5.10 Å². The predicted octanol–water partition coefficient (Wildman–Crippen LogP) is 2.31. The van der Waals surface area contributed by atoms with E-state index in [-0.39, 0.29) is 23.4 Å². The monoisotopic (exact) mass is 372 g/mol. The van der Waals surface area contributed by atoms with Crippen LogP contribution in [0.5, 0.6) is 5.75 Å². The van der Waals surface area contributed by atoms with Gasteiger partial charge in [-0.1, -0.05) is 25.5 Å². The zero-order valence-corrected chi connectivity index (χ0v) is 15.2. The Morgan fingerprint density at radius 3 is 2.67 bits per heavy atom. The first-order valence-electron chi connectivity index (χ1n) is 8.74. The Kier molecular flexibility index (Phi) is 5.25. The lowest BCUT2D eigenvalue weighted by Gasteiger charge is -2.12. The summed E-state index contributed by atoms with van der Waals surface area (Å²) < 4.78 is 15.9. The number of carbonyl (C=O) groups excluding carboxylic acids is 1. The third-order valence-electron chi connectivity index (χ3n) is 4.35. The van der Waals surface area contributed by atoms with Crippen molar-refractivity contribution in [2.45, 2.75) is 32.9 Å². The van der Waals surface area contributed by atoms with Gasteiger partial charge < -0.3 is 15.0 Å². The SMILES string of the molecule is CCCCn1c(=O)c(C(=O)NCc2ccc(F)cc2)c(O)c2nn(C)cc21. The van der Waals surface area contributed by atoms with Crippen LogP contribution in [0.1, 0.15) is 35.7 Å². The van der Waals surface area contributed by atoms with Crippen molar-refractivity contribution in [3.63, 3.8) is 0 Å². The lowest BCUT2D eigenvalue weighted by molar-refractivity contribution is 0.0946. The highest BCUT2D eigenvalue weighted by Crippen LogP contribution is 2.25. The van der Waals surface area contributed by atoms with Crippen molar-refractivity contribution in [3.05, 3.63) is 57.8 Å². The molecule has 142 valence electrons. The Labute approximate surface area is 155 Å². The van der Waals surface area contributed by atoms with Gasteiger partial charge in [0.1, 0.15) is 11.4 Å². The maximum atomic E-state index is 13.0. The minimum Gasteiger partial charge on any atom is -0.505 e. The highest BCUT2D eigenvalue weighted by atomic mass is 19.1. The number of fused-ring (bicyclic) bond motifs is 1. The summed E-state index contributed by atoms with van der Waals surface area (Å²) in [6.07, 6.45) is 3.28. The number of hydrogen-bond acceptors (Lipinski definition) is 4. The molecule has 1 aromatic carbocycles. The highest BCUT2D eigenvalue weighted by molar-refractivity contribution is 6.01. The van der Waals surface area contributed by atoms with Crippen molar-refractivity contribution < 1.29 is 14.3 Å². The molecule has 0 radical (unpaired) electrons. The maximum absolute atomic E-state index is 13.0. The molecule has 0 atom stereocenters. The Hall–Kier alpha value is -3.16. The molecule has 0 unspecified atom stereocenters. The number of aromatic hydroxyl groups is 1. The second-order valence-corrected chi connectivity index (χ2v) is 6.38. The molecule has 1 amide bonds. The van der Waals surface area contributed by atoms with E-state index in [4.69, 9.17) is 0 Å². The van der Waals surface area contributed by atoms with Crippen molar-refractivity contribution >= 4 is 16.9 Å². The van der Waals surface area contributed by atoms with Crippen LogP contribution in [0.15, 0.2) is 35.3 Å². The van der Waals surface area contributed by atoms with Crippen LogP contribution >= 0.6 is 0 Å². The first-order valence-corrected chi connectivity index (χ1v) is 8.74. The predicted molar refractivity (Wildman–Crippen MR) is 99.1 cm³/mol. The molecule has 3 rings (SSSR count). The second kappa shape index (κ2) is 7.61. The maximum Gasteiger partial charge on any atom is 0.267 e. The average Bonchev–Trinajstić information content (AvgIpc) is 3.03. The Bertz CT molecular complexity index is 1040. The van der Waals surface area contributed by atoms with Crippen LogP contribution in [-0.4, -0.2) is 25.4 Å². The summed E-state index contributed by atoms with van der Waals surface area (Å²) in [4.78, 5) is 25.5. The average molecular weight is 372 g/mol. The number of nitrogens with zero attached hydrogens (tertiary/aromatic N) is 3. The zero-order valence-electron chi connectivity index (χ0n) is 15.2. The topological polar surface area (TPSA) is 89.2 Å². The van der Waals surface area contributed by atoms with E-state index >= 15 is 0 Å². The standard InChI is InChI=1S/C19H21FN4O3/c1-3-4-9-24-14-11-23(2)22-16(14)17(25)15(19(24)27)18(26)21-10-12-5-7-13(20)8-6-12/h5-8,11,25H,3-4,9-10H2,1-2H3,(H,21,26). The molecule has 0 aliphatic carbocycles. The molecule has 7 nitrogen and oxygen atoms in total. The lowest BCUT2D eigenvalue weighted by atomic mass is 10.1. The largest absolute Gasteiger partial charge is 0.505 e. The van der Waals surface area contributed by atoms with Crippen LogP contribution in [-0.2, 0) is 20.1 Å². The van der Waals surface area contributed by atoms with Gasteiger partial charge in [0.2, 0.25) is 0 Å². The van der Waals surface area contributed by atoms with Crippen LogP contribution < -0.4 is 10.9 Å². The van der Waals surface area contributed by atoms with Crippen LogP contribution in [0, 0.1) is 5.82 Å². The Morgan fingerprint density at radius 2 is 2.00 bits per heavy atom. The van der Waals surface area contributed by atoms with E-state index in [9.17, 15) is 19.1 Å². The molecule has 0 bridgehead atoms. The van der Waals surface area contributed by atoms with E-state index in [2.05, 4.69) is 10.4 Å². The molecule has 27 heavy (non-hydrogen) atoms. The minimum atomic E-state index is -0.695. The summed E-state index contributed by atoms with van der Waals surface area (Å²) in [6, 6.07) is 5.65. The highest BCUT2D eigenvalue weighted by Gasteiger charge is 2.24. The number of aromatic nitrogens is 3. The van der Waals surface area contributed by atoms with Gasteiger partial charge in [0.25, 0.3) is 11.5 Å². The first kappa shape index (κ1) is 18.6. The number of unbranched alkanes of at least 4 members (excludes halogenated alkanes) is 1. The third kappa shape index (κ3) is 3.69. The van der Waals surface area contributed by atoms with E-state index in [1.165, 1.54) is 33.5 Å². The molecule has 0 aliphatic heterocycles. The molecule has 3 aromatic rings. The number of halogens is 1. The molecule has 2 N–H and O–H groups in total. The number of aryl methyl sites for hydroxylation is 2. The molecular formula is C19H21FN4O3. The Morgan fingerprint density at radius 1 is 1.30 bits per heavy atom. The molecule has 0 aliphatic rings. The fraction of sp³-hybridized carbons (Fsp3) is 0.316. The van der Waals surface area contributed by atoms with Gasteiger partial charge in [-0.15, -0.1) is 0 Å². The van der Waals surface area contributed by atoms with Crippen molar-refractivity contribution in [1.29, 1.82) is 0 Å². The van der Waals surface area contributed by atoms with Gasteiger partial charge >= 0.3 is 0 Å². The van der Waals surface area contributed by atoms with Crippen molar-refractivity contribution in [3.8, 4) is 5.75 Å². The van der Waals surface area contributed by atoms with Gasteiger partial charge in [0.15, 0.2) is 11.3 Å². The molecule has 2 aromatic heterocycles. The molecule has 2 heterocycles. The molecular weight excluding hydrogens is 351 g/mol. The molecule has 8 heteroatoms. The van der Waals surface area contributed by atoms with Crippen molar-refractivity contribution in [2.75, 3.05) is 0 Å². The number of benzene rings is 1.